The molecule has 3 nitrogen and oxygen atoms in total. The maximum atomic E-state index is 12.0. The first-order valence-corrected chi connectivity index (χ1v) is 5.86. The van der Waals surface area contributed by atoms with E-state index in [2.05, 4.69) is 18.2 Å². The zero-order valence-electron chi connectivity index (χ0n) is 10.5. The molecule has 0 aromatic heterocycles. The molecule has 1 heterocycles. The van der Waals surface area contributed by atoms with Crippen molar-refractivity contribution >= 4 is 5.91 Å². The second-order valence-corrected chi connectivity index (χ2v) is 4.75. The normalized spacial score (nSPS) is 35.4. The summed E-state index contributed by atoms with van der Waals surface area (Å²) in [6, 6.07) is 0.0350. The third kappa shape index (κ3) is 2.76. The molecule has 5 atom stereocenters. The van der Waals surface area contributed by atoms with E-state index in [0.29, 0.717) is 6.42 Å². The van der Waals surface area contributed by atoms with Crippen LogP contribution in [-0.2, 0) is 9.53 Å². The van der Waals surface area contributed by atoms with Crippen LogP contribution in [-0.4, -0.2) is 24.2 Å². The Bertz CT molecular complexity index is 295. The Morgan fingerprint density at radius 3 is 2.50 bits per heavy atom. The van der Waals surface area contributed by atoms with E-state index in [1.165, 1.54) is 0 Å². The quantitative estimate of drug-likeness (QED) is 0.738. The van der Waals surface area contributed by atoms with Gasteiger partial charge in [0.2, 0.25) is 5.91 Å². The Labute approximate surface area is 97.9 Å². The van der Waals surface area contributed by atoms with Crippen molar-refractivity contribution in [2.75, 3.05) is 0 Å². The summed E-state index contributed by atoms with van der Waals surface area (Å²) >= 11 is 0. The molecule has 0 aromatic carbocycles. The number of hydrogen-bond donors (Lipinski definition) is 1. The summed E-state index contributed by atoms with van der Waals surface area (Å²) in [6.07, 6.45) is 5.91. The van der Waals surface area contributed by atoms with Crippen LogP contribution in [0.3, 0.4) is 0 Å². The minimum absolute atomic E-state index is 0.0111. The van der Waals surface area contributed by atoms with Gasteiger partial charge in [-0.15, -0.1) is 12.3 Å². The van der Waals surface area contributed by atoms with Gasteiger partial charge in [0.15, 0.2) is 0 Å². The largest absolute Gasteiger partial charge is 0.374 e. The zero-order valence-corrected chi connectivity index (χ0v) is 10.5. The average molecular weight is 223 g/mol. The van der Waals surface area contributed by atoms with E-state index in [9.17, 15) is 4.79 Å². The molecule has 5 unspecified atom stereocenters. The second-order valence-electron chi connectivity index (χ2n) is 4.75. The van der Waals surface area contributed by atoms with Gasteiger partial charge in [0, 0.05) is 12.5 Å². The molecule has 1 fully saturated rings. The van der Waals surface area contributed by atoms with Crippen LogP contribution in [0.25, 0.3) is 0 Å². The van der Waals surface area contributed by atoms with E-state index in [1.807, 2.05) is 20.8 Å². The number of nitrogens with one attached hydrogen (secondary N) is 1. The zero-order chi connectivity index (χ0) is 12.3. The second kappa shape index (κ2) is 5.36. The minimum atomic E-state index is -0.0600. The van der Waals surface area contributed by atoms with Crippen LogP contribution < -0.4 is 5.32 Å². The summed E-state index contributed by atoms with van der Waals surface area (Å²) in [5, 5.41) is 2.94. The van der Waals surface area contributed by atoms with Crippen LogP contribution >= 0.6 is 0 Å². The van der Waals surface area contributed by atoms with Crippen molar-refractivity contribution < 1.29 is 9.53 Å². The third-order valence-electron chi connectivity index (χ3n) is 3.36. The summed E-state index contributed by atoms with van der Waals surface area (Å²) < 4.78 is 5.65. The van der Waals surface area contributed by atoms with E-state index in [1.54, 1.807) is 0 Å². The lowest BCUT2D eigenvalue weighted by atomic mass is 9.88. The van der Waals surface area contributed by atoms with Gasteiger partial charge in [-0.25, -0.2) is 0 Å². The number of amides is 1. The van der Waals surface area contributed by atoms with Gasteiger partial charge in [0.1, 0.15) is 0 Å². The molecule has 0 spiro atoms. The molecular formula is C13H21NO2. The summed E-state index contributed by atoms with van der Waals surface area (Å²) in [5.74, 6) is 2.81. The highest BCUT2D eigenvalue weighted by molar-refractivity contribution is 5.80. The van der Waals surface area contributed by atoms with Gasteiger partial charge in [-0.05, 0) is 26.7 Å². The molecule has 1 saturated heterocycles. The van der Waals surface area contributed by atoms with Crippen LogP contribution in [0.5, 0.6) is 0 Å². The fourth-order valence-electron chi connectivity index (χ4n) is 2.29. The Morgan fingerprint density at radius 2 is 2.06 bits per heavy atom. The Morgan fingerprint density at radius 1 is 1.44 bits per heavy atom. The molecule has 0 bridgehead atoms. The molecule has 3 heteroatoms. The standard InChI is InChI=1S/C13H21NO2/c1-6-7-8(2)14-13(15)12-9(3)10(4)16-11(12)5/h1,8-12H,7H2,2-5H3,(H,14,15). The van der Waals surface area contributed by atoms with Gasteiger partial charge >= 0.3 is 0 Å². The van der Waals surface area contributed by atoms with Crippen molar-refractivity contribution in [3.05, 3.63) is 0 Å². The molecule has 1 N–H and O–H groups in total. The fourth-order valence-corrected chi connectivity index (χ4v) is 2.29. The Balaban J connectivity index is 2.57. The van der Waals surface area contributed by atoms with Crippen LogP contribution in [0, 0.1) is 24.2 Å². The molecular weight excluding hydrogens is 202 g/mol. The molecule has 0 saturated carbocycles. The predicted molar refractivity (Wildman–Crippen MR) is 63.7 cm³/mol. The van der Waals surface area contributed by atoms with Gasteiger partial charge in [0.25, 0.3) is 0 Å². The molecule has 90 valence electrons. The number of carbonyl (C=O) groups excluding carboxylic acids is 1. The van der Waals surface area contributed by atoms with Crippen molar-refractivity contribution in [1.29, 1.82) is 0 Å². The van der Waals surface area contributed by atoms with Crippen molar-refractivity contribution in [2.24, 2.45) is 11.8 Å². The van der Waals surface area contributed by atoms with Crippen molar-refractivity contribution in [1.82, 2.24) is 5.32 Å². The lowest BCUT2D eigenvalue weighted by Crippen LogP contribution is -2.41. The maximum absolute atomic E-state index is 12.0. The fraction of sp³-hybridized carbons (Fsp3) is 0.769. The molecule has 1 aliphatic heterocycles. The molecule has 1 rings (SSSR count). The van der Waals surface area contributed by atoms with Crippen LogP contribution in [0.1, 0.15) is 34.1 Å². The van der Waals surface area contributed by atoms with E-state index in [4.69, 9.17) is 11.2 Å². The first-order valence-electron chi connectivity index (χ1n) is 5.86. The smallest absolute Gasteiger partial charge is 0.226 e. The van der Waals surface area contributed by atoms with Gasteiger partial charge in [-0.2, -0.15) is 0 Å². The Hall–Kier alpha value is -1.01. The highest BCUT2D eigenvalue weighted by Crippen LogP contribution is 2.32. The van der Waals surface area contributed by atoms with Gasteiger partial charge < -0.3 is 10.1 Å². The highest BCUT2D eigenvalue weighted by Gasteiger charge is 2.41. The average Bonchev–Trinajstić information content (AvgIpc) is 2.41. The van der Waals surface area contributed by atoms with Crippen LogP contribution in [0.15, 0.2) is 0 Å². The number of terminal acetylenes is 1. The van der Waals surface area contributed by atoms with Crippen LogP contribution in [0.4, 0.5) is 0 Å². The minimum Gasteiger partial charge on any atom is -0.374 e. The van der Waals surface area contributed by atoms with Crippen molar-refractivity contribution in [3.8, 4) is 12.3 Å². The summed E-state index contributed by atoms with van der Waals surface area (Å²) in [7, 11) is 0. The van der Waals surface area contributed by atoms with E-state index in [-0.39, 0.29) is 36.0 Å². The molecule has 0 aromatic rings. The molecule has 0 radical (unpaired) electrons. The Kier molecular flexibility index (Phi) is 4.37. The summed E-state index contributed by atoms with van der Waals surface area (Å²) in [4.78, 5) is 12.0. The molecule has 0 aliphatic carbocycles. The number of ether oxygens (including phenoxy) is 1. The number of rotatable bonds is 3. The van der Waals surface area contributed by atoms with Crippen molar-refractivity contribution in [2.45, 2.75) is 52.4 Å². The molecule has 1 amide bonds. The van der Waals surface area contributed by atoms with E-state index >= 15 is 0 Å². The third-order valence-corrected chi connectivity index (χ3v) is 3.36. The monoisotopic (exact) mass is 223 g/mol. The summed E-state index contributed by atoms with van der Waals surface area (Å²) in [5.41, 5.74) is 0. The number of carbonyl (C=O) groups is 1. The number of hydrogen-bond acceptors (Lipinski definition) is 2. The first-order chi connectivity index (χ1) is 7.47. The summed E-state index contributed by atoms with van der Waals surface area (Å²) in [6.45, 7) is 7.95. The maximum Gasteiger partial charge on any atom is 0.226 e. The first kappa shape index (κ1) is 13.1. The lowest BCUT2D eigenvalue weighted by molar-refractivity contribution is -0.127. The van der Waals surface area contributed by atoms with Gasteiger partial charge in [0.05, 0.1) is 18.1 Å². The van der Waals surface area contributed by atoms with Crippen LogP contribution in [0.2, 0.25) is 0 Å². The predicted octanol–water partition coefficient (Wildman–Crippen LogP) is 1.57. The van der Waals surface area contributed by atoms with Crippen molar-refractivity contribution in [3.63, 3.8) is 0 Å². The highest BCUT2D eigenvalue weighted by atomic mass is 16.5. The SMILES string of the molecule is C#CCC(C)NC(=O)C1C(C)OC(C)C1C. The van der Waals surface area contributed by atoms with E-state index < -0.39 is 0 Å². The topological polar surface area (TPSA) is 38.3 Å². The van der Waals surface area contributed by atoms with Gasteiger partial charge in [-0.1, -0.05) is 6.92 Å². The molecule has 1 aliphatic rings. The van der Waals surface area contributed by atoms with E-state index in [0.717, 1.165) is 0 Å². The lowest BCUT2D eigenvalue weighted by Gasteiger charge is -2.20. The van der Waals surface area contributed by atoms with Gasteiger partial charge in [-0.3, -0.25) is 4.79 Å². The molecule has 16 heavy (non-hydrogen) atoms.